The molecule has 2 rings (SSSR count). The second-order valence-electron chi connectivity index (χ2n) is 5.46. The molecule has 5 heteroatoms. The van der Waals surface area contributed by atoms with E-state index in [0.717, 1.165) is 4.90 Å². The van der Waals surface area contributed by atoms with Crippen LogP contribution in [0.4, 0.5) is 5.69 Å². The molecule has 0 aliphatic carbocycles. The number of thioether (sulfide) groups is 1. The Morgan fingerprint density at radius 1 is 1.13 bits per heavy atom. The third-order valence-corrected chi connectivity index (χ3v) is 4.48. The monoisotopic (exact) mass is 329 g/mol. The molecule has 4 nitrogen and oxygen atoms in total. The maximum Gasteiger partial charge on any atom is 0.314 e. The summed E-state index contributed by atoms with van der Waals surface area (Å²) in [7, 11) is 0. The van der Waals surface area contributed by atoms with E-state index in [4.69, 9.17) is 0 Å². The summed E-state index contributed by atoms with van der Waals surface area (Å²) in [4.78, 5) is 25.1. The molecule has 0 radical (unpaired) electrons. The summed E-state index contributed by atoms with van der Waals surface area (Å²) in [6.45, 7) is 1.57. The number of hydrogen-bond acceptors (Lipinski definition) is 3. The fraction of sp³-hybridized carbons (Fsp3) is 0.222. The second kappa shape index (κ2) is 7.33. The molecule has 0 aliphatic rings. The summed E-state index contributed by atoms with van der Waals surface area (Å²) in [6.07, 6.45) is 1.83. The van der Waals surface area contributed by atoms with Gasteiger partial charge in [-0.25, -0.2) is 0 Å². The highest BCUT2D eigenvalue weighted by atomic mass is 32.2. The van der Waals surface area contributed by atoms with Crippen LogP contribution in [0.1, 0.15) is 18.9 Å². The van der Waals surface area contributed by atoms with Crippen molar-refractivity contribution in [3.05, 3.63) is 60.2 Å². The Balaban J connectivity index is 2.17. The predicted octanol–water partition coefficient (Wildman–Crippen LogP) is 3.78. The summed E-state index contributed by atoms with van der Waals surface area (Å²) in [6, 6.07) is 16.3. The lowest BCUT2D eigenvalue weighted by molar-refractivity contribution is -0.145. The van der Waals surface area contributed by atoms with Crippen LogP contribution >= 0.6 is 11.8 Å². The number of amides is 1. The molecule has 1 amide bonds. The van der Waals surface area contributed by atoms with Crippen molar-refractivity contribution in [2.24, 2.45) is 0 Å². The first-order chi connectivity index (χ1) is 11.0. The molecule has 0 aliphatic heterocycles. The molecule has 0 saturated heterocycles. The minimum absolute atomic E-state index is 0.129. The quantitative estimate of drug-likeness (QED) is 0.792. The Morgan fingerprint density at radius 3 is 2.43 bits per heavy atom. The number of benzene rings is 2. The number of carboxylic acids is 1. The maximum atomic E-state index is 12.3. The van der Waals surface area contributed by atoms with Gasteiger partial charge in [-0.1, -0.05) is 36.4 Å². The van der Waals surface area contributed by atoms with Gasteiger partial charge in [0.1, 0.15) is 0 Å². The summed E-state index contributed by atoms with van der Waals surface area (Å²) >= 11 is 1.58. The van der Waals surface area contributed by atoms with Gasteiger partial charge in [0.2, 0.25) is 5.91 Å². The predicted molar refractivity (Wildman–Crippen MR) is 92.9 cm³/mol. The van der Waals surface area contributed by atoms with Crippen molar-refractivity contribution in [2.45, 2.75) is 23.7 Å². The molecular weight excluding hydrogens is 310 g/mol. The van der Waals surface area contributed by atoms with Gasteiger partial charge >= 0.3 is 5.97 Å². The zero-order valence-corrected chi connectivity index (χ0v) is 13.9. The van der Waals surface area contributed by atoms with Crippen LogP contribution in [0.3, 0.4) is 0 Å². The Bertz CT molecular complexity index is 702. The van der Waals surface area contributed by atoms with Gasteiger partial charge in [0, 0.05) is 17.0 Å². The first kappa shape index (κ1) is 17.1. The standard InChI is InChI=1S/C18H19NO3S/c1-18(17(21)22,13-7-4-3-5-8-13)12-16(20)19-14-9-6-10-15(11-14)23-2/h3-11H,12H2,1-2H3,(H,19,20)(H,21,22). The fourth-order valence-electron chi connectivity index (χ4n) is 2.33. The largest absolute Gasteiger partial charge is 0.481 e. The van der Waals surface area contributed by atoms with Crippen LogP contribution in [0, 0.1) is 0 Å². The first-order valence-corrected chi connectivity index (χ1v) is 8.41. The number of aliphatic carboxylic acids is 1. The van der Waals surface area contributed by atoms with Gasteiger partial charge in [-0.05, 0) is 36.9 Å². The van der Waals surface area contributed by atoms with Gasteiger partial charge in [0.05, 0.1) is 5.41 Å². The molecule has 1 unspecified atom stereocenters. The van der Waals surface area contributed by atoms with Crippen molar-refractivity contribution in [3.63, 3.8) is 0 Å². The van der Waals surface area contributed by atoms with Crippen molar-refractivity contribution in [2.75, 3.05) is 11.6 Å². The highest BCUT2D eigenvalue weighted by molar-refractivity contribution is 7.98. The van der Waals surface area contributed by atoms with Gasteiger partial charge in [-0.15, -0.1) is 11.8 Å². The molecule has 0 bridgehead atoms. The second-order valence-corrected chi connectivity index (χ2v) is 6.34. The Kier molecular flexibility index (Phi) is 5.45. The Hall–Kier alpha value is -2.27. The third kappa shape index (κ3) is 4.13. The number of carboxylic acid groups (broad SMARTS) is 1. The van der Waals surface area contributed by atoms with Gasteiger partial charge < -0.3 is 10.4 Å². The third-order valence-electron chi connectivity index (χ3n) is 3.75. The van der Waals surface area contributed by atoms with Crippen molar-refractivity contribution < 1.29 is 14.7 Å². The van der Waals surface area contributed by atoms with E-state index >= 15 is 0 Å². The van der Waals surface area contributed by atoms with Crippen LogP contribution in [0.5, 0.6) is 0 Å². The van der Waals surface area contributed by atoms with E-state index in [0.29, 0.717) is 11.3 Å². The minimum atomic E-state index is -1.26. The molecule has 0 fully saturated rings. The topological polar surface area (TPSA) is 66.4 Å². The summed E-state index contributed by atoms with van der Waals surface area (Å²) in [5.41, 5.74) is 0.0193. The van der Waals surface area contributed by atoms with Crippen molar-refractivity contribution in [1.29, 1.82) is 0 Å². The normalized spacial score (nSPS) is 13.1. The lowest BCUT2D eigenvalue weighted by Crippen LogP contribution is -2.36. The van der Waals surface area contributed by atoms with E-state index in [9.17, 15) is 14.7 Å². The van der Waals surface area contributed by atoms with E-state index in [-0.39, 0.29) is 12.3 Å². The van der Waals surface area contributed by atoms with Crippen LogP contribution in [0.25, 0.3) is 0 Å². The molecule has 0 heterocycles. The summed E-state index contributed by atoms with van der Waals surface area (Å²) in [5.74, 6) is -1.34. The van der Waals surface area contributed by atoms with Gasteiger partial charge in [-0.2, -0.15) is 0 Å². The van der Waals surface area contributed by atoms with Gasteiger partial charge in [0.15, 0.2) is 0 Å². The number of anilines is 1. The van der Waals surface area contributed by atoms with Crippen LogP contribution in [-0.4, -0.2) is 23.2 Å². The van der Waals surface area contributed by atoms with Crippen molar-refractivity contribution in [1.82, 2.24) is 0 Å². The molecule has 0 aromatic heterocycles. The van der Waals surface area contributed by atoms with Crippen LogP contribution in [0.2, 0.25) is 0 Å². The van der Waals surface area contributed by atoms with E-state index < -0.39 is 11.4 Å². The van der Waals surface area contributed by atoms with E-state index in [1.165, 1.54) is 0 Å². The molecule has 23 heavy (non-hydrogen) atoms. The van der Waals surface area contributed by atoms with Crippen LogP contribution < -0.4 is 5.32 Å². The van der Waals surface area contributed by atoms with E-state index in [2.05, 4.69) is 5.32 Å². The minimum Gasteiger partial charge on any atom is -0.481 e. The van der Waals surface area contributed by atoms with E-state index in [1.807, 2.05) is 30.5 Å². The van der Waals surface area contributed by atoms with Crippen LogP contribution in [0.15, 0.2) is 59.5 Å². The zero-order valence-electron chi connectivity index (χ0n) is 13.1. The molecule has 120 valence electrons. The Labute approximate surface area is 139 Å². The van der Waals surface area contributed by atoms with E-state index in [1.54, 1.807) is 49.0 Å². The number of rotatable bonds is 6. The molecule has 2 N–H and O–H groups in total. The number of nitrogens with one attached hydrogen (secondary N) is 1. The number of carbonyl (C=O) groups excluding carboxylic acids is 1. The smallest absolute Gasteiger partial charge is 0.314 e. The first-order valence-electron chi connectivity index (χ1n) is 7.18. The van der Waals surface area contributed by atoms with Gasteiger partial charge in [0.25, 0.3) is 0 Å². The van der Waals surface area contributed by atoms with Gasteiger partial charge in [-0.3, -0.25) is 9.59 Å². The lowest BCUT2D eigenvalue weighted by Gasteiger charge is -2.24. The average molecular weight is 329 g/mol. The average Bonchev–Trinajstić information content (AvgIpc) is 2.55. The SMILES string of the molecule is CSc1cccc(NC(=O)CC(C)(C(=O)O)c2ccccc2)c1. The number of carbonyl (C=O) groups is 2. The Morgan fingerprint density at radius 2 is 1.83 bits per heavy atom. The lowest BCUT2D eigenvalue weighted by atomic mass is 9.79. The molecule has 0 saturated carbocycles. The fourth-order valence-corrected chi connectivity index (χ4v) is 2.79. The molecule has 1 atom stereocenters. The zero-order chi connectivity index (χ0) is 16.9. The number of hydrogen-bond donors (Lipinski definition) is 2. The van der Waals surface area contributed by atoms with Crippen LogP contribution in [-0.2, 0) is 15.0 Å². The molecule has 0 spiro atoms. The molecule has 2 aromatic carbocycles. The highest BCUT2D eigenvalue weighted by Crippen LogP contribution is 2.29. The summed E-state index contributed by atoms with van der Waals surface area (Å²) in [5, 5.41) is 12.4. The van der Waals surface area contributed by atoms with Crippen molar-refractivity contribution >= 4 is 29.3 Å². The maximum absolute atomic E-state index is 12.3. The highest BCUT2D eigenvalue weighted by Gasteiger charge is 2.37. The molecular formula is C18H19NO3S. The van der Waals surface area contributed by atoms with Crippen molar-refractivity contribution in [3.8, 4) is 0 Å². The molecule has 2 aromatic rings. The summed E-state index contributed by atoms with van der Waals surface area (Å²) < 4.78 is 0.